The topological polar surface area (TPSA) is 78.4 Å². The number of anilines is 1. The van der Waals surface area contributed by atoms with Gasteiger partial charge in [0, 0.05) is 18.5 Å². The summed E-state index contributed by atoms with van der Waals surface area (Å²) in [6.07, 6.45) is 0.355. The van der Waals surface area contributed by atoms with Crippen LogP contribution in [0.4, 0.5) is 5.69 Å². The van der Waals surface area contributed by atoms with Crippen molar-refractivity contribution in [1.82, 2.24) is 4.72 Å². The van der Waals surface area contributed by atoms with E-state index in [-0.39, 0.29) is 6.61 Å². The third kappa shape index (κ3) is 4.75. The van der Waals surface area contributed by atoms with E-state index >= 15 is 0 Å². The number of para-hydroxylation sites is 1. The number of rotatable bonds is 5. The zero-order chi connectivity index (χ0) is 13.4. The molecular formula is C12H16N2O3S. The molecule has 0 spiro atoms. The normalized spacial score (nSPS) is 10.6. The van der Waals surface area contributed by atoms with E-state index in [1.54, 1.807) is 31.2 Å². The second-order valence-electron chi connectivity index (χ2n) is 3.42. The van der Waals surface area contributed by atoms with Crippen LogP contribution in [0, 0.1) is 11.8 Å². The van der Waals surface area contributed by atoms with E-state index in [1.165, 1.54) is 0 Å². The van der Waals surface area contributed by atoms with Crippen LogP contribution in [0.15, 0.2) is 24.3 Å². The SMILES string of the molecule is CCNS(=O)(=O)Nc1ccccc1C#CCCO. The molecule has 0 fully saturated rings. The van der Waals surface area contributed by atoms with Gasteiger partial charge in [0.1, 0.15) is 0 Å². The van der Waals surface area contributed by atoms with Gasteiger partial charge in [-0.2, -0.15) is 13.1 Å². The first-order valence-electron chi connectivity index (χ1n) is 5.55. The highest BCUT2D eigenvalue weighted by Crippen LogP contribution is 2.14. The van der Waals surface area contributed by atoms with Gasteiger partial charge in [-0.15, -0.1) is 0 Å². The van der Waals surface area contributed by atoms with Gasteiger partial charge in [0.15, 0.2) is 0 Å². The number of hydrogen-bond acceptors (Lipinski definition) is 3. The lowest BCUT2D eigenvalue weighted by Gasteiger charge is -2.09. The van der Waals surface area contributed by atoms with Crippen molar-refractivity contribution in [2.24, 2.45) is 0 Å². The van der Waals surface area contributed by atoms with Crippen LogP contribution in [0.5, 0.6) is 0 Å². The van der Waals surface area contributed by atoms with Gasteiger partial charge in [0.05, 0.1) is 12.3 Å². The second kappa shape index (κ2) is 7.01. The Morgan fingerprint density at radius 2 is 2.06 bits per heavy atom. The van der Waals surface area contributed by atoms with Crippen molar-refractivity contribution in [2.45, 2.75) is 13.3 Å². The molecule has 1 aromatic rings. The predicted octanol–water partition coefficient (Wildman–Crippen LogP) is 0.687. The zero-order valence-electron chi connectivity index (χ0n) is 10.1. The molecule has 1 aromatic carbocycles. The highest BCUT2D eigenvalue weighted by molar-refractivity contribution is 7.90. The molecule has 0 unspecified atom stereocenters. The average Bonchev–Trinajstić information content (AvgIpc) is 2.31. The first kappa shape index (κ1) is 14.5. The molecule has 98 valence electrons. The van der Waals surface area contributed by atoms with E-state index in [0.717, 1.165) is 0 Å². The lowest BCUT2D eigenvalue weighted by Crippen LogP contribution is -2.30. The summed E-state index contributed by atoms with van der Waals surface area (Å²) < 4.78 is 27.9. The molecule has 18 heavy (non-hydrogen) atoms. The highest BCUT2D eigenvalue weighted by atomic mass is 32.2. The predicted molar refractivity (Wildman–Crippen MR) is 71.2 cm³/mol. The van der Waals surface area contributed by atoms with Crippen LogP contribution in [0.25, 0.3) is 0 Å². The molecule has 0 atom stereocenters. The maximum atomic E-state index is 11.6. The summed E-state index contributed by atoms with van der Waals surface area (Å²) in [5.74, 6) is 5.57. The van der Waals surface area contributed by atoms with Crippen molar-refractivity contribution in [3.05, 3.63) is 29.8 Å². The van der Waals surface area contributed by atoms with Gasteiger partial charge in [0.25, 0.3) is 10.2 Å². The number of aliphatic hydroxyl groups is 1. The highest BCUT2D eigenvalue weighted by Gasteiger charge is 2.09. The summed E-state index contributed by atoms with van der Waals surface area (Å²) in [6, 6.07) is 6.85. The lowest BCUT2D eigenvalue weighted by molar-refractivity contribution is 0.305. The summed E-state index contributed by atoms with van der Waals surface area (Å²) in [5.41, 5.74) is 0.997. The number of benzene rings is 1. The standard InChI is InChI=1S/C12H16N2O3S/c1-2-13-18(16,17)14-12-9-4-3-7-11(12)8-5-6-10-15/h3-4,7,9,13-15H,2,6,10H2,1H3. The summed E-state index contributed by atoms with van der Waals surface area (Å²) in [7, 11) is -3.55. The van der Waals surface area contributed by atoms with E-state index in [9.17, 15) is 8.42 Å². The number of hydrogen-bond donors (Lipinski definition) is 3. The molecule has 0 aliphatic heterocycles. The molecule has 0 radical (unpaired) electrons. The van der Waals surface area contributed by atoms with Crippen molar-refractivity contribution in [3.8, 4) is 11.8 Å². The van der Waals surface area contributed by atoms with E-state index in [0.29, 0.717) is 24.2 Å². The molecule has 0 aromatic heterocycles. The number of nitrogens with one attached hydrogen (secondary N) is 2. The van der Waals surface area contributed by atoms with Crippen LogP contribution in [0.1, 0.15) is 18.9 Å². The molecule has 3 N–H and O–H groups in total. The van der Waals surface area contributed by atoms with Crippen molar-refractivity contribution in [2.75, 3.05) is 17.9 Å². The molecule has 0 aliphatic carbocycles. The van der Waals surface area contributed by atoms with Crippen molar-refractivity contribution >= 4 is 15.9 Å². The zero-order valence-corrected chi connectivity index (χ0v) is 10.9. The Kier molecular flexibility index (Phi) is 5.65. The van der Waals surface area contributed by atoms with E-state index in [4.69, 9.17) is 5.11 Å². The van der Waals surface area contributed by atoms with Gasteiger partial charge in [0.2, 0.25) is 0 Å². The minimum absolute atomic E-state index is 0.0156. The van der Waals surface area contributed by atoms with E-state index < -0.39 is 10.2 Å². The largest absolute Gasteiger partial charge is 0.395 e. The monoisotopic (exact) mass is 268 g/mol. The van der Waals surface area contributed by atoms with Crippen LogP contribution >= 0.6 is 0 Å². The van der Waals surface area contributed by atoms with Crippen LogP contribution in [0.3, 0.4) is 0 Å². The van der Waals surface area contributed by atoms with Gasteiger partial charge in [-0.3, -0.25) is 4.72 Å². The quantitative estimate of drug-likeness (QED) is 0.687. The minimum atomic E-state index is -3.55. The summed E-state index contributed by atoms with van der Waals surface area (Å²) in [4.78, 5) is 0. The molecule has 1 rings (SSSR count). The molecule has 0 amide bonds. The first-order valence-corrected chi connectivity index (χ1v) is 7.03. The maximum absolute atomic E-state index is 11.6. The maximum Gasteiger partial charge on any atom is 0.299 e. The molecule has 0 saturated carbocycles. The van der Waals surface area contributed by atoms with Gasteiger partial charge in [-0.05, 0) is 12.1 Å². The summed E-state index contributed by atoms with van der Waals surface area (Å²) in [6.45, 7) is 2.00. The van der Waals surface area contributed by atoms with Crippen molar-refractivity contribution in [3.63, 3.8) is 0 Å². The molecule has 5 nitrogen and oxygen atoms in total. The molecule has 0 aliphatic rings. The fraction of sp³-hybridized carbons (Fsp3) is 0.333. The Labute approximate surface area is 107 Å². The van der Waals surface area contributed by atoms with Crippen LogP contribution < -0.4 is 9.44 Å². The second-order valence-corrected chi connectivity index (χ2v) is 4.92. The molecule has 0 heterocycles. The molecule has 0 bridgehead atoms. The third-order valence-electron chi connectivity index (χ3n) is 1.97. The van der Waals surface area contributed by atoms with Gasteiger partial charge in [-0.1, -0.05) is 30.9 Å². The fourth-order valence-corrected chi connectivity index (χ4v) is 2.19. The van der Waals surface area contributed by atoms with Gasteiger partial charge in [-0.25, -0.2) is 0 Å². The smallest absolute Gasteiger partial charge is 0.299 e. The molecule has 6 heteroatoms. The third-order valence-corrected chi connectivity index (χ3v) is 3.12. The van der Waals surface area contributed by atoms with Crippen molar-refractivity contribution in [1.29, 1.82) is 0 Å². The van der Waals surface area contributed by atoms with Crippen molar-refractivity contribution < 1.29 is 13.5 Å². The van der Waals surface area contributed by atoms with E-state index in [1.807, 2.05) is 0 Å². The lowest BCUT2D eigenvalue weighted by atomic mass is 10.2. The minimum Gasteiger partial charge on any atom is -0.395 e. The molecular weight excluding hydrogens is 252 g/mol. The van der Waals surface area contributed by atoms with Crippen LogP contribution in [-0.2, 0) is 10.2 Å². The Hall–Kier alpha value is -1.55. The summed E-state index contributed by atoms with van der Waals surface area (Å²) in [5, 5.41) is 8.65. The number of aliphatic hydroxyl groups excluding tert-OH is 1. The average molecular weight is 268 g/mol. The first-order chi connectivity index (χ1) is 8.59. The van der Waals surface area contributed by atoms with E-state index in [2.05, 4.69) is 21.3 Å². The van der Waals surface area contributed by atoms with Crippen LogP contribution in [-0.4, -0.2) is 26.7 Å². The summed E-state index contributed by atoms with van der Waals surface area (Å²) >= 11 is 0. The molecule has 0 saturated heterocycles. The Balaban J connectivity index is 2.93. The Morgan fingerprint density at radius 3 is 2.72 bits per heavy atom. The van der Waals surface area contributed by atoms with Crippen LogP contribution in [0.2, 0.25) is 0 Å². The Bertz CT molecular complexity index is 544. The van der Waals surface area contributed by atoms with Gasteiger partial charge < -0.3 is 5.11 Å². The van der Waals surface area contributed by atoms with Gasteiger partial charge >= 0.3 is 0 Å². The fourth-order valence-electron chi connectivity index (χ4n) is 1.27. The Morgan fingerprint density at radius 1 is 1.33 bits per heavy atom.